The average molecular weight is 308 g/mol. The summed E-state index contributed by atoms with van der Waals surface area (Å²) in [6, 6.07) is 9.62. The topological polar surface area (TPSA) is 77.0 Å². The molecule has 116 valence electrons. The van der Waals surface area contributed by atoms with E-state index >= 15 is 0 Å². The van der Waals surface area contributed by atoms with E-state index in [1.165, 1.54) is 6.20 Å². The van der Waals surface area contributed by atoms with Gasteiger partial charge in [0, 0.05) is 17.8 Å². The Morgan fingerprint density at radius 1 is 1.13 bits per heavy atom. The van der Waals surface area contributed by atoms with Crippen LogP contribution in [0.15, 0.2) is 48.9 Å². The summed E-state index contributed by atoms with van der Waals surface area (Å²) in [5.74, 6) is 0.435. The predicted octanol–water partition coefficient (Wildman–Crippen LogP) is 2.14. The van der Waals surface area contributed by atoms with Crippen LogP contribution in [0.2, 0.25) is 0 Å². The first-order valence-electron chi connectivity index (χ1n) is 7.27. The van der Waals surface area contributed by atoms with Crippen molar-refractivity contribution >= 4 is 16.8 Å². The lowest BCUT2D eigenvalue weighted by Gasteiger charge is -2.09. The normalized spacial score (nSPS) is 10.5. The summed E-state index contributed by atoms with van der Waals surface area (Å²) in [7, 11) is 0. The fourth-order valence-corrected chi connectivity index (χ4v) is 2.12. The zero-order chi connectivity index (χ0) is 16.1. The second-order valence-electron chi connectivity index (χ2n) is 4.98. The minimum atomic E-state index is -0.267. The van der Waals surface area contributed by atoms with Crippen LogP contribution >= 0.6 is 0 Å². The fraction of sp³-hybridized carbons (Fsp3) is 0.176. The van der Waals surface area contributed by atoms with Crippen molar-refractivity contribution in [2.24, 2.45) is 0 Å². The molecular formula is C17H16N4O2. The average Bonchev–Trinajstić information content (AvgIpc) is 2.59. The first-order valence-corrected chi connectivity index (χ1v) is 7.27. The van der Waals surface area contributed by atoms with Gasteiger partial charge in [-0.25, -0.2) is 4.98 Å². The number of nitrogens with zero attached hydrogens (tertiary/aromatic N) is 3. The monoisotopic (exact) mass is 308 g/mol. The van der Waals surface area contributed by atoms with Gasteiger partial charge < -0.3 is 10.1 Å². The van der Waals surface area contributed by atoms with Gasteiger partial charge in [0.05, 0.1) is 18.4 Å². The molecule has 3 rings (SSSR count). The van der Waals surface area contributed by atoms with Crippen LogP contribution in [0.3, 0.4) is 0 Å². The zero-order valence-electron chi connectivity index (χ0n) is 12.7. The predicted molar refractivity (Wildman–Crippen MR) is 86.3 cm³/mol. The van der Waals surface area contributed by atoms with E-state index in [1.807, 2.05) is 37.3 Å². The first-order chi connectivity index (χ1) is 11.2. The highest BCUT2D eigenvalue weighted by molar-refractivity contribution is 5.91. The highest BCUT2D eigenvalue weighted by atomic mass is 16.5. The number of nitrogens with one attached hydrogen (secondary N) is 1. The SMILES string of the molecule is Cc1cnc(C(=O)NCCOc2cccc3cccnc23)cn1. The van der Waals surface area contributed by atoms with E-state index in [9.17, 15) is 4.79 Å². The summed E-state index contributed by atoms with van der Waals surface area (Å²) in [6.45, 7) is 2.54. The van der Waals surface area contributed by atoms with Gasteiger partial charge in [-0.3, -0.25) is 14.8 Å². The molecule has 0 saturated carbocycles. The highest BCUT2D eigenvalue weighted by Crippen LogP contribution is 2.22. The molecule has 2 heterocycles. The summed E-state index contributed by atoms with van der Waals surface area (Å²) in [4.78, 5) is 24.3. The summed E-state index contributed by atoms with van der Waals surface area (Å²) < 4.78 is 5.71. The molecule has 1 N–H and O–H groups in total. The lowest BCUT2D eigenvalue weighted by atomic mass is 10.2. The molecule has 0 spiro atoms. The molecule has 0 aliphatic heterocycles. The van der Waals surface area contributed by atoms with Gasteiger partial charge in [0.2, 0.25) is 0 Å². The van der Waals surface area contributed by atoms with Crippen molar-refractivity contribution in [2.75, 3.05) is 13.2 Å². The van der Waals surface area contributed by atoms with Crippen LogP contribution in [0.4, 0.5) is 0 Å². The number of hydrogen-bond acceptors (Lipinski definition) is 5. The van der Waals surface area contributed by atoms with E-state index in [-0.39, 0.29) is 5.91 Å². The van der Waals surface area contributed by atoms with Gasteiger partial charge in [0.25, 0.3) is 5.91 Å². The molecule has 6 heteroatoms. The third kappa shape index (κ3) is 3.60. The Bertz CT molecular complexity index is 813. The van der Waals surface area contributed by atoms with Crippen molar-refractivity contribution in [3.63, 3.8) is 0 Å². The molecule has 6 nitrogen and oxygen atoms in total. The van der Waals surface area contributed by atoms with Crippen LogP contribution in [0.1, 0.15) is 16.2 Å². The number of aryl methyl sites for hydroxylation is 1. The van der Waals surface area contributed by atoms with Crippen molar-refractivity contribution in [3.8, 4) is 5.75 Å². The molecule has 0 atom stereocenters. The smallest absolute Gasteiger partial charge is 0.271 e. The highest BCUT2D eigenvalue weighted by Gasteiger charge is 2.07. The standard InChI is InChI=1S/C17H16N4O2/c1-12-10-21-14(11-20-12)17(22)19-8-9-23-15-6-2-4-13-5-3-7-18-16(13)15/h2-7,10-11H,8-9H2,1H3,(H,19,22). The summed E-state index contributed by atoms with van der Waals surface area (Å²) in [6.07, 6.45) is 4.75. The number of benzene rings is 1. The first kappa shape index (κ1) is 14.9. The fourth-order valence-electron chi connectivity index (χ4n) is 2.12. The number of rotatable bonds is 5. The molecule has 1 aromatic carbocycles. The number of pyridine rings is 1. The molecule has 0 saturated heterocycles. The van der Waals surface area contributed by atoms with Crippen LogP contribution in [-0.4, -0.2) is 34.0 Å². The van der Waals surface area contributed by atoms with Crippen molar-refractivity contribution in [3.05, 3.63) is 60.3 Å². The number of ether oxygens (including phenoxy) is 1. The van der Waals surface area contributed by atoms with Crippen molar-refractivity contribution in [1.29, 1.82) is 0 Å². The number of hydrogen-bond donors (Lipinski definition) is 1. The van der Waals surface area contributed by atoms with Crippen LogP contribution < -0.4 is 10.1 Å². The Morgan fingerprint density at radius 2 is 2.00 bits per heavy atom. The second-order valence-corrected chi connectivity index (χ2v) is 4.98. The lowest BCUT2D eigenvalue weighted by Crippen LogP contribution is -2.28. The molecule has 0 aliphatic carbocycles. The maximum absolute atomic E-state index is 11.9. The van der Waals surface area contributed by atoms with Crippen LogP contribution in [0, 0.1) is 6.92 Å². The number of aromatic nitrogens is 3. The van der Waals surface area contributed by atoms with Crippen molar-refractivity contribution in [1.82, 2.24) is 20.3 Å². The Hall–Kier alpha value is -3.02. The van der Waals surface area contributed by atoms with Crippen LogP contribution in [0.5, 0.6) is 5.75 Å². The Kier molecular flexibility index (Phi) is 4.42. The van der Waals surface area contributed by atoms with Gasteiger partial charge in [-0.1, -0.05) is 18.2 Å². The molecule has 1 amide bonds. The van der Waals surface area contributed by atoms with E-state index in [2.05, 4.69) is 20.3 Å². The molecule has 0 bridgehead atoms. The van der Waals surface area contributed by atoms with E-state index in [1.54, 1.807) is 12.4 Å². The molecular weight excluding hydrogens is 292 g/mol. The third-order valence-corrected chi connectivity index (χ3v) is 3.25. The van der Waals surface area contributed by atoms with Crippen molar-refractivity contribution < 1.29 is 9.53 Å². The lowest BCUT2D eigenvalue weighted by molar-refractivity contribution is 0.0941. The van der Waals surface area contributed by atoms with Crippen LogP contribution in [0.25, 0.3) is 10.9 Å². The summed E-state index contributed by atoms with van der Waals surface area (Å²) >= 11 is 0. The number of para-hydroxylation sites is 1. The summed E-state index contributed by atoms with van der Waals surface area (Å²) in [5, 5.41) is 3.77. The maximum Gasteiger partial charge on any atom is 0.271 e. The van der Waals surface area contributed by atoms with Crippen LogP contribution in [-0.2, 0) is 0 Å². The number of fused-ring (bicyclic) bond motifs is 1. The minimum Gasteiger partial charge on any atom is -0.489 e. The molecule has 0 aliphatic rings. The number of carbonyl (C=O) groups is 1. The van der Waals surface area contributed by atoms with Crippen molar-refractivity contribution in [2.45, 2.75) is 6.92 Å². The van der Waals surface area contributed by atoms with Gasteiger partial charge in [-0.2, -0.15) is 0 Å². The van der Waals surface area contributed by atoms with Gasteiger partial charge in [-0.15, -0.1) is 0 Å². The van der Waals surface area contributed by atoms with E-state index in [0.717, 1.165) is 16.6 Å². The second kappa shape index (κ2) is 6.83. The number of amides is 1. The summed E-state index contributed by atoms with van der Waals surface area (Å²) in [5.41, 5.74) is 1.88. The van der Waals surface area contributed by atoms with Gasteiger partial charge in [0.1, 0.15) is 23.6 Å². The van der Waals surface area contributed by atoms with E-state index < -0.39 is 0 Å². The molecule has 2 aromatic heterocycles. The van der Waals surface area contributed by atoms with Gasteiger partial charge >= 0.3 is 0 Å². The third-order valence-electron chi connectivity index (χ3n) is 3.25. The molecule has 3 aromatic rings. The van der Waals surface area contributed by atoms with Gasteiger partial charge in [0.15, 0.2) is 0 Å². The molecule has 0 unspecified atom stereocenters. The number of carbonyl (C=O) groups excluding carboxylic acids is 1. The Balaban J connectivity index is 1.55. The van der Waals surface area contributed by atoms with E-state index in [4.69, 9.17) is 4.74 Å². The molecule has 23 heavy (non-hydrogen) atoms. The largest absolute Gasteiger partial charge is 0.489 e. The quantitative estimate of drug-likeness (QED) is 0.731. The molecule has 0 fully saturated rings. The maximum atomic E-state index is 11.9. The Labute approximate surface area is 133 Å². The zero-order valence-corrected chi connectivity index (χ0v) is 12.7. The molecule has 0 radical (unpaired) electrons. The minimum absolute atomic E-state index is 0.267. The van der Waals surface area contributed by atoms with Gasteiger partial charge in [-0.05, 0) is 19.1 Å². The van der Waals surface area contributed by atoms with E-state index in [0.29, 0.717) is 24.6 Å². The Morgan fingerprint density at radius 3 is 2.83 bits per heavy atom.